The molecule has 0 spiro atoms. The zero-order valence-electron chi connectivity index (χ0n) is 24.7. The lowest BCUT2D eigenvalue weighted by atomic mass is 9.79. The molecule has 252 valence electrons. The number of hydrogen-bond donors (Lipinski definition) is 11. The molecule has 0 amide bonds. The van der Waals surface area contributed by atoms with Crippen LogP contribution in [0.15, 0.2) is 0 Å². The molecule has 3 aliphatic heterocycles. The maximum absolute atomic E-state index is 11.4. The van der Waals surface area contributed by atoms with E-state index in [9.17, 15) is 25.5 Å². The summed E-state index contributed by atoms with van der Waals surface area (Å²) in [5.74, 6) is -0.331. The zero-order chi connectivity index (χ0) is 31.7. The Labute approximate surface area is 251 Å². The van der Waals surface area contributed by atoms with Crippen molar-refractivity contribution in [2.45, 2.75) is 143 Å². The minimum atomic E-state index is -1.36. The van der Waals surface area contributed by atoms with Gasteiger partial charge in [0.15, 0.2) is 18.9 Å². The van der Waals surface area contributed by atoms with Crippen molar-refractivity contribution in [1.82, 2.24) is 0 Å². The Morgan fingerprint density at radius 1 is 0.605 bits per heavy atom. The molecule has 0 bridgehead atoms. The minimum Gasteiger partial charge on any atom is -0.388 e. The number of nitrogens with two attached hydrogens (primary N) is 6. The van der Waals surface area contributed by atoms with Crippen molar-refractivity contribution in [2.75, 3.05) is 13.1 Å². The lowest BCUT2D eigenvalue weighted by Crippen LogP contribution is -2.67. The number of rotatable bonds is 10. The molecular formula is C26H52N6O11. The van der Waals surface area contributed by atoms with E-state index in [4.69, 9.17) is 62.8 Å². The highest BCUT2D eigenvalue weighted by Crippen LogP contribution is 2.37. The van der Waals surface area contributed by atoms with Gasteiger partial charge in [0.2, 0.25) is 0 Å². The molecule has 0 aromatic heterocycles. The van der Waals surface area contributed by atoms with Crippen molar-refractivity contribution >= 4 is 0 Å². The molecule has 1 saturated carbocycles. The minimum absolute atomic E-state index is 0.0819. The van der Waals surface area contributed by atoms with E-state index < -0.39 is 104 Å². The Kier molecular flexibility index (Phi) is 12.1. The third kappa shape index (κ3) is 7.18. The quantitative estimate of drug-likeness (QED) is 0.108. The van der Waals surface area contributed by atoms with Crippen LogP contribution in [0.2, 0.25) is 0 Å². The molecule has 17 nitrogen and oxygen atoms in total. The lowest BCUT2D eigenvalue weighted by Gasteiger charge is -2.48. The van der Waals surface area contributed by atoms with Gasteiger partial charge in [0.05, 0.1) is 24.3 Å². The third-order valence-electron chi connectivity index (χ3n) is 9.18. The number of aliphatic hydroxyl groups is 5. The Balaban J connectivity index is 1.51. The van der Waals surface area contributed by atoms with E-state index in [1.54, 1.807) is 0 Å². The smallest absolute Gasteiger partial charge is 0.186 e. The predicted molar refractivity (Wildman–Crippen MR) is 149 cm³/mol. The van der Waals surface area contributed by atoms with E-state index in [2.05, 4.69) is 0 Å². The van der Waals surface area contributed by atoms with Gasteiger partial charge in [-0.05, 0) is 12.8 Å². The molecule has 17 N–H and O–H groups in total. The van der Waals surface area contributed by atoms with Crippen LogP contribution in [0.1, 0.15) is 33.1 Å². The molecule has 43 heavy (non-hydrogen) atoms. The summed E-state index contributed by atoms with van der Waals surface area (Å²) in [5.41, 5.74) is 36.5. The fourth-order valence-corrected chi connectivity index (χ4v) is 6.34. The van der Waals surface area contributed by atoms with Gasteiger partial charge in [-0.2, -0.15) is 0 Å². The predicted octanol–water partition coefficient (Wildman–Crippen LogP) is -5.81. The highest BCUT2D eigenvalue weighted by Gasteiger charge is 2.53. The Hall–Kier alpha value is -0.680. The molecular weight excluding hydrogens is 572 g/mol. The van der Waals surface area contributed by atoms with Crippen LogP contribution >= 0.6 is 0 Å². The molecule has 17 heteroatoms. The molecule has 0 aromatic carbocycles. The highest BCUT2D eigenvalue weighted by atomic mass is 16.8. The second kappa shape index (κ2) is 14.8. The van der Waals surface area contributed by atoms with Gasteiger partial charge >= 0.3 is 0 Å². The van der Waals surface area contributed by atoms with Gasteiger partial charge in [-0.3, -0.25) is 0 Å². The molecule has 19 atom stereocenters. The Morgan fingerprint density at radius 2 is 1.07 bits per heavy atom. The maximum atomic E-state index is 11.4. The fraction of sp³-hybridized carbons (Fsp3) is 1.00. The van der Waals surface area contributed by atoms with Crippen LogP contribution in [0.4, 0.5) is 0 Å². The van der Waals surface area contributed by atoms with Crippen LogP contribution in [0.3, 0.4) is 0 Å². The number of hydrogen-bond acceptors (Lipinski definition) is 17. The summed E-state index contributed by atoms with van der Waals surface area (Å²) in [4.78, 5) is 0. The second-order valence-electron chi connectivity index (χ2n) is 12.2. The SMILES string of the molecule is CCCC1OC(OC2[C@H](O[C@@H]3OC(CN)[C@@H](O)C(O)C3N)C(N)C[C@@H](N)[C@H]2C)[C@@H](O)[C@H]1O[C@H]1O[C@@H](CN)[C@@H](O)C(O)C1N. The van der Waals surface area contributed by atoms with Crippen LogP contribution in [0.5, 0.6) is 0 Å². The lowest BCUT2D eigenvalue weighted by molar-refractivity contribution is -0.302. The first-order chi connectivity index (χ1) is 20.3. The monoisotopic (exact) mass is 624 g/mol. The summed E-state index contributed by atoms with van der Waals surface area (Å²) >= 11 is 0. The van der Waals surface area contributed by atoms with Crippen LogP contribution < -0.4 is 34.4 Å². The largest absolute Gasteiger partial charge is 0.388 e. The summed E-state index contributed by atoms with van der Waals surface area (Å²) < 4.78 is 36.3. The molecule has 4 rings (SSSR count). The summed E-state index contributed by atoms with van der Waals surface area (Å²) in [5, 5.41) is 52.8. The topological polar surface area (TPSA) is 313 Å². The van der Waals surface area contributed by atoms with Crippen LogP contribution in [-0.2, 0) is 28.4 Å². The van der Waals surface area contributed by atoms with E-state index in [0.29, 0.717) is 19.3 Å². The van der Waals surface area contributed by atoms with E-state index in [1.807, 2.05) is 13.8 Å². The van der Waals surface area contributed by atoms with Crippen LogP contribution in [-0.4, -0.2) is 149 Å². The maximum Gasteiger partial charge on any atom is 0.186 e. The average molecular weight is 625 g/mol. The zero-order valence-corrected chi connectivity index (χ0v) is 24.7. The summed E-state index contributed by atoms with van der Waals surface area (Å²) in [6.07, 6.45) is -13.8. The van der Waals surface area contributed by atoms with E-state index >= 15 is 0 Å². The molecule has 4 fully saturated rings. The van der Waals surface area contributed by atoms with Gasteiger partial charge in [0.1, 0.15) is 54.9 Å². The number of aliphatic hydroxyl groups excluding tert-OH is 5. The number of ether oxygens (including phenoxy) is 6. The highest BCUT2D eigenvalue weighted by molar-refractivity contribution is 5.01. The van der Waals surface area contributed by atoms with Gasteiger partial charge in [-0.15, -0.1) is 0 Å². The van der Waals surface area contributed by atoms with Gasteiger partial charge < -0.3 is 88.4 Å². The van der Waals surface area contributed by atoms with Crippen LogP contribution in [0, 0.1) is 5.92 Å². The molecule has 4 aliphatic rings. The van der Waals surface area contributed by atoms with E-state index in [1.165, 1.54) is 0 Å². The first-order valence-corrected chi connectivity index (χ1v) is 15.1. The van der Waals surface area contributed by atoms with Crippen molar-refractivity contribution in [1.29, 1.82) is 0 Å². The standard InChI is InChI=1S/C26H52N6O11/c1-3-4-11-23(43-25-15(32)19(36)17(34)13(7-28)40-25)20(37)26(38-11)41-21-8(2)9(29)5-10(30)22(21)42-24-14(31)18(35)16(33)12(6-27)39-24/h8-26,33-37H,3-7,27-32H2,1-2H3/t8-,9-,10?,11?,12?,13+,14?,15?,16-,17-,18?,19?,20+,21?,22-,23+,24+,25-,26?/m1/s1. The molecule has 9 unspecified atom stereocenters. The molecule has 0 aromatic rings. The molecule has 3 saturated heterocycles. The van der Waals surface area contributed by atoms with Gasteiger partial charge in [-0.25, -0.2) is 0 Å². The normalized spacial score (nSPS) is 52.8. The van der Waals surface area contributed by atoms with Crippen molar-refractivity contribution in [3.63, 3.8) is 0 Å². The summed E-state index contributed by atoms with van der Waals surface area (Å²) in [6.45, 7) is 3.62. The third-order valence-corrected chi connectivity index (χ3v) is 9.18. The van der Waals surface area contributed by atoms with Gasteiger partial charge in [0.25, 0.3) is 0 Å². The van der Waals surface area contributed by atoms with E-state index in [0.717, 1.165) is 0 Å². The van der Waals surface area contributed by atoms with Gasteiger partial charge in [0, 0.05) is 31.1 Å². The van der Waals surface area contributed by atoms with Crippen molar-refractivity contribution < 1.29 is 54.0 Å². The average Bonchev–Trinajstić information content (AvgIpc) is 3.26. The van der Waals surface area contributed by atoms with Crippen molar-refractivity contribution in [2.24, 2.45) is 40.3 Å². The molecule has 1 aliphatic carbocycles. The first-order valence-electron chi connectivity index (χ1n) is 15.1. The Bertz CT molecular complexity index is 881. The molecule has 3 heterocycles. The molecule has 0 radical (unpaired) electrons. The second-order valence-corrected chi connectivity index (χ2v) is 12.2. The van der Waals surface area contributed by atoms with E-state index in [-0.39, 0.29) is 25.0 Å². The Morgan fingerprint density at radius 3 is 1.56 bits per heavy atom. The van der Waals surface area contributed by atoms with Crippen LogP contribution in [0.25, 0.3) is 0 Å². The summed E-state index contributed by atoms with van der Waals surface area (Å²) in [7, 11) is 0. The van der Waals surface area contributed by atoms with Crippen molar-refractivity contribution in [3.05, 3.63) is 0 Å². The van der Waals surface area contributed by atoms with Crippen molar-refractivity contribution in [3.8, 4) is 0 Å². The fourth-order valence-electron chi connectivity index (χ4n) is 6.34. The first kappa shape index (κ1) is 35.2. The summed E-state index contributed by atoms with van der Waals surface area (Å²) in [6, 6.07) is -3.25. The van der Waals surface area contributed by atoms with Gasteiger partial charge in [-0.1, -0.05) is 20.3 Å².